The smallest absolute Gasteiger partial charge is 0.256 e. The summed E-state index contributed by atoms with van der Waals surface area (Å²) in [7, 11) is 0. The summed E-state index contributed by atoms with van der Waals surface area (Å²) in [5, 5.41) is 16.5. The van der Waals surface area contributed by atoms with Crippen molar-refractivity contribution in [2.45, 2.75) is 12.8 Å². The molecule has 0 aliphatic heterocycles. The van der Waals surface area contributed by atoms with Crippen molar-refractivity contribution in [3.05, 3.63) is 99.3 Å². The van der Waals surface area contributed by atoms with Gasteiger partial charge in [-0.15, -0.1) is 11.3 Å². The van der Waals surface area contributed by atoms with E-state index in [1.54, 1.807) is 24.3 Å². The molecule has 0 spiro atoms. The first kappa shape index (κ1) is 22.0. The van der Waals surface area contributed by atoms with Crippen molar-refractivity contribution in [3.8, 4) is 16.6 Å². The van der Waals surface area contributed by atoms with Gasteiger partial charge in [0.15, 0.2) is 0 Å². The van der Waals surface area contributed by atoms with Gasteiger partial charge in [-0.3, -0.25) is 4.79 Å². The van der Waals surface area contributed by atoms with Gasteiger partial charge in [-0.25, -0.2) is 4.98 Å². The molecule has 1 N–H and O–H groups in total. The molecule has 0 bridgehead atoms. The van der Waals surface area contributed by atoms with Crippen molar-refractivity contribution in [3.63, 3.8) is 0 Å². The SMILES string of the molecule is C[C@H](/C=C(\C#N)c1nc(-c2cccs2)c(NC(=O)c2ccc(Cl)cc2)s1)c1ccccc1. The molecular weight excluding hydrogens is 458 g/mol. The van der Waals surface area contributed by atoms with Gasteiger partial charge < -0.3 is 5.32 Å². The molecular formula is C25H18ClN3OS2. The Morgan fingerprint density at radius 3 is 2.53 bits per heavy atom. The normalized spacial score (nSPS) is 12.2. The number of anilines is 1. The van der Waals surface area contributed by atoms with Crippen LogP contribution in [0.15, 0.2) is 78.2 Å². The lowest BCUT2D eigenvalue weighted by molar-refractivity contribution is 0.102. The number of thiazole rings is 1. The monoisotopic (exact) mass is 475 g/mol. The van der Waals surface area contributed by atoms with Gasteiger partial charge in [0, 0.05) is 16.5 Å². The summed E-state index contributed by atoms with van der Waals surface area (Å²) < 4.78 is 0. The number of halogens is 1. The van der Waals surface area contributed by atoms with Crippen LogP contribution in [0.1, 0.15) is 33.8 Å². The predicted octanol–water partition coefficient (Wildman–Crippen LogP) is 7.49. The number of carbonyl (C=O) groups is 1. The number of nitriles is 1. The second-order valence-corrected chi connectivity index (χ2v) is 9.41. The molecule has 1 atom stereocenters. The predicted molar refractivity (Wildman–Crippen MR) is 133 cm³/mol. The van der Waals surface area contributed by atoms with Crippen LogP contribution < -0.4 is 5.32 Å². The number of aromatic nitrogens is 1. The Hall–Kier alpha value is -3.24. The number of amides is 1. The molecule has 4 rings (SSSR count). The summed E-state index contributed by atoms with van der Waals surface area (Å²) in [6.07, 6.45) is 1.91. The number of hydrogen-bond donors (Lipinski definition) is 1. The Morgan fingerprint density at radius 2 is 1.88 bits per heavy atom. The zero-order valence-corrected chi connectivity index (χ0v) is 19.5. The second kappa shape index (κ2) is 9.92. The number of carbonyl (C=O) groups excluding carboxylic acids is 1. The van der Waals surface area contributed by atoms with Crippen LogP contribution in [0.25, 0.3) is 16.1 Å². The maximum absolute atomic E-state index is 12.8. The average molecular weight is 476 g/mol. The van der Waals surface area contributed by atoms with E-state index >= 15 is 0 Å². The fourth-order valence-electron chi connectivity index (χ4n) is 3.14. The average Bonchev–Trinajstić information content (AvgIpc) is 3.48. The van der Waals surface area contributed by atoms with E-state index < -0.39 is 0 Å². The molecule has 0 radical (unpaired) electrons. The standard InChI is InChI=1S/C25H18ClN3OS2/c1-16(17-6-3-2-4-7-17)14-19(15-27)24-28-22(21-8-5-13-31-21)25(32-24)29-23(30)18-9-11-20(26)12-10-18/h2-14,16H,1H3,(H,29,30)/b19-14+/t16-/m1/s1. The molecule has 1 amide bonds. The first-order chi connectivity index (χ1) is 15.5. The molecule has 2 heterocycles. The molecule has 0 fully saturated rings. The third-order valence-corrected chi connectivity index (χ3v) is 6.94. The van der Waals surface area contributed by atoms with E-state index in [0.717, 1.165) is 10.4 Å². The highest BCUT2D eigenvalue weighted by Crippen LogP contribution is 2.39. The van der Waals surface area contributed by atoms with Gasteiger partial charge in [0.2, 0.25) is 0 Å². The van der Waals surface area contributed by atoms with Gasteiger partial charge in [-0.2, -0.15) is 5.26 Å². The van der Waals surface area contributed by atoms with Crippen molar-refractivity contribution in [2.24, 2.45) is 0 Å². The number of nitrogens with zero attached hydrogens (tertiary/aromatic N) is 2. The van der Waals surface area contributed by atoms with Crippen molar-refractivity contribution in [1.29, 1.82) is 5.26 Å². The fraction of sp³-hybridized carbons (Fsp3) is 0.0800. The fourth-order valence-corrected chi connectivity index (χ4v) is 5.00. The molecule has 2 aromatic carbocycles. The molecule has 2 aromatic heterocycles. The third kappa shape index (κ3) is 4.97. The number of rotatable bonds is 6. The van der Waals surface area contributed by atoms with E-state index in [1.807, 2.05) is 60.8 Å². The number of thiophene rings is 1. The Labute approximate surface area is 199 Å². The Bertz CT molecular complexity index is 1290. The van der Waals surface area contributed by atoms with Crippen LogP contribution in [-0.2, 0) is 0 Å². The van der Waals surface area contributed by atoms with Crippen LogP contribution in [0.3, 0.4) is 0 Å². The van der Waals surface area contributed by atoms with Gasteiger partial charge in [0.05, 0.1) is 10.5 Å². The zero-order valence-electron chi connectivity index (χ0n) is 17.1. The Balaban J connectivity index is 1.69. The summed E-state index contributed by atoms with van der Waals surface area (Å²) in [6, 6.07) is 22.9. The lowest BCUT2D eigenvalue weighted by Crippen LogP contribution is -2.11. The number of nitrogens with one attached hydrogen (secondary N) is 1. The van der Waals surface area contributed by atoms with Crippen LogP contribution in [0.4, 0.5) is 5.00 Å². The highest BCUT2D eigenvalue weighted by Gasteiger charge is 2.20. The molecule has 0 aliphatic carbocycles. The van der Waals surface area contributed by atoms with Gasteiger partial charge in [-0.05, 0) is 41.3 Å². The minimum absolute atomic E-state index is 0.0482. The number of allylic oxidation sites excluding steroid dienone is 2. The van der Waals surface area contributed by atoms with Gasteiger partial charge in [0.1, 0.15) is 21.8 Å². The van der Waals surface area contributed by atoms with Crippen LogP contribution >= 0.6 is 34.3 Å². The Kier molecular flexibility index (Phi) is 6.81. The number of hydrogen-bond acceptors (Lipinski definition) is 5. The van der Waals surface area contributed by atoms with Gasteiger partial charge >= 0.3 is 0 Å². The van der Waals surface area contributed by atoms with E-state index in [4.69, 9.17) is 16.6 Å². The van der Waals surface area contributed by atoms with Crippen LogP contribution in [0.5, 0.6) is 0 Å². The zero-order chi connectivity index (χ0) is 22.5. The van der Waals surface area contributed by atoms with E-state index in [-0.39, 0.29) is 11.8 Å². The molecule has 4 aromatic rings. The molecule has 0 saturated carbocycles. The van der Waals surface area contributed by atoms with Crippen molar-refractivity contribution < 1.29 is 4.79 Å². The quantitative estimate of drug-likeness (QED) is 0.294. The van der Waals surface area contributed by atoms with Crippen LogP contribution in [-0.4, -0.2) is 10.9 Å². The lowest BCUT2D eigenvalue weighted by Gasteiger charge is -2.06. The van der Waals surface area contributed by atoms with E-state index in [9.17, 15) is 10.1 Å². The molecule has 4 nitrogen and oxygen atoms in total. The molecule has 7 heteroatoms. The Morgan fingerprint density at radius 1 is 1.12 bits per heavy atom. The second-order valence-electron chi connectivity index (χ2n) is 7.03. The van der Waals surface area contributed by atoms with Gasteiger partial charge in [-0.1, -0.05) is 72.3 Å². The molecule has 158 valence electrons. The van der Waals surface area contributed by atoms with Crippen molar-refractivity contribution >= 4 is 50.8 Å². The third-order valence-electron chi connectivity index (χ3n) is 4.81. The largest absolute Gasteiger partial charge is 0.312 e. The highest BCUT2D eigenvalue weighted by atomic mass is 35.5. The van der Waals surface area contributed by atoms with E-state index in [1.165, 1.54) is 22.7 Å². The maximum Gasteiger partial charge on any atom is 0.256 e. The molecule has 0 aliphatic rings. The molecule has 0 saturated heterocycles. The van der Waals surface area contributed by atoms with Crippen molar-refractivity contribution in [1.82, 2.24) is 4.98 Å². The highest BCUT2D eigenvalue weighted by molar-refractivity contribution is 7.18. The topological polar surface area (TPSA) is 65.8 Å². The minimum Gasteiger partial charge on any atom is -0.312 e. The first-order valence-corrected chi connectivity index (χ1v) is 11.9. The molecule has 32 heavy (non-hydrogen) atoms. The van der Waals surface area contributed by atoms with E-state index in [0.29, 0.717) is 31.9 Å². The van der Waals surface area contributed by atoms with Crippen LogP contribution in [0.2, 0.25) is 5.02 Å². The number of benzene rings is 2. The summed E-state index contributed by atoms with van der Waals surface area (Å²) in [5.41, 5.74) is 2.76. The summed E-state index contributed by atoms with van der Waals surface area (Å²) in [5.74, 6) is -0.207. The van der Waals surface area contributed by atoms with Crippen molar-refractivity contribution in [2.75, 3.05) is 5.32 Å². The lowest BCUT2D eigenvalue weighted by atomic mass is 9.99. The van der Waals surface area contributed by atoms with E-state index in [2.05, 4.69) is 11.4 Å². The summed E-state index contributed by atoms with van der Waals surface area (Å²) >= 11 is 8.77. The van der Waals surface area contributed by atoms with Gasteiger partial charge in [0.25, 0.3) is 5.91 Å². The summed E-state index contributed by atoms with van der Waals surface area (Å²) in [4.78, 5) is 18.5. The van der Waals surface area contributed by atoms with Crippen LogP contribution in [0, 0.1) is 11.3 Å². The minimum atomic E-state index is -0.255. The summed E-state index contributed by atoms with van der Waals surface area (Å²) in [6.45, 7) is 2.05. The molecule has 0 unspecified atom stereocenters. The maximum atomic E-state index is 12.8. The first-order valence-electron chi connectivity index (χ1n) is 9.84.